The van der Waals surface area contributed by atoms with Gasteiger partial charge in [0.05, 0.1) is 0 Å². The molecule has 3 aromatic rings. The van der Waals surface area contributed by atoms with Gasteiger partial charge in [-0.3, -0.25) is 0 Å². The number of fused-ring (bicyclic) bond motifs is 2. The van der Waals surface area contributed by atoms with Crippen molar-refractivity contribution in [2.45, 2.75) is 19.9 Å². The average Bonchev–Trinajstić information content (AvgIpc) is 2.95. The van der Waals surface area contributed by atoms with E-state index < -0.39 is 0 Å². The van der Waals surface area contributed by atoms with E-state index in [1.807, 2.05) is 12.1 Å². The van der Waals surface area contributed by atoms with Crippen LogP contribution >= 0.6 is 0 Å². The van der Waals surface area contributed by atoms with Crippen LogP contribution in [0.25, 0.3) is 11.0 Å². The van der Waals surface area contributed by atoms with Gasteiger partial charge in [-0.15, -0.1) is 0 Å². The maximum atomic E-state index is 11.9. The topological polar surface area (TPSA) is 53.7 Å². The molecule has 4 nitrogen and oxygen atoms in total. The molecule has 23 heavy (non-hydrogen) atoms. The summed E-state index contributed by atoms with van der Waals surface area (Å²) in [6, 6.07) is 13.4. The molecule has 1 aliphatic rings. The summed E-state index contributed by atoms with van der Waals surface area (Å²) >= 11 is 0. The van der Waals surface area contributed by atoms with E-state index in [0.717, 1.165) is 23.9 Å². The Balaban J connectivity index is 1.81. The van der Waals surface area contributed by atoms with Crippen molar-refractivity contribution < 1.29 is 9.52 Å². The van der Waals surface area contributed by atoms with Gasteiger partial charge in [0.2, 0.25) is 0 Å². The largest absolute Gasteiger partial charge is 0.508 e. The minimum atomic E-state index is -0.381. The molecule has 1 N–H and O–H groups in total. The van der Waals surface area contributed by atoms with E-state index in [4.69, 9.17) is 4.42 Å². The molecule has 0 saturated heterocycles. The van der Waals surface area contributed by atoms with Gasteiger partial charge in [-0.05, 0) is 42.7 Å². The first kappa shape index (κ1) is 13.9. The third-order valence-corrected chi connectivity index (χ3v) is 4.56. The molecule has 0 fully saturated rings. The molecule has 0 amide bonds. The van der Waals surface area contributed by atoms with Crippen molar-refractivity contribution in [3.8, 4) is 5.75 Å². The van der Waals surface area contributed by atoms with Crippen LogP contribution in [0.1, 0.15) is 16.7 Å². The summed E-state index contributed by atoms with van der Waals surface area (Å²) in [6.45, 7) is 3.36. The molecule has 2 heterocycles. The predicted octanol–water partition coefficient (Wildman–Crippen LogP) is 3.37. The maximum Gasteiger partial charge on any atom is 0.336 e. The van der Waals surface area contributed by atoms with Crippen LogP contribution in [-0.4, -0.2) is 11.7 Å². The minimum absolute atomic E-state index is 0.143. The molecule has 0 spiro atoms. The number of aromatic hydroxyl groups is 1. The van der Waals surface area contributed by atoms with Gasteiger partial charge < -0.3 is 14.4 Å². The molecule has 4 rings (SSSR count). The van der Waals surface area contributed by atoms with Gasteiger partial charge in [0.15, 0.2) is 0 Å². The standard InChI is InChI=1S/C19H17NO3/c1-12-17(21)7-6-15-14(10-18(22)23-19(12)15)11-20-9-8-13-4-2-3-5-16(13)20/h2-7,10,21H,8-9,11H2,1H3. The number of para-hydroxylation sites is 1. The van der Waals surface area contributed by atoms with Crippen molar-refractivity contribution in [2.24, 2.45) is 0 Å². The molecule has 2 aromatic carbocycles. The third-order valence-electron chi connectivity index (χ3n) is 4.56. The van der Waals surface area contributed by atoms with Crippen molar-refractivity contribution >= 4 is 16.7 Å². The smallest absolute Gasteiger partial charge is 0.336 e. The van der Waals surface area contributed by atoms with Gasteiger partial charge in [-0.1, -0.05) is 18.2 Å². The fraction of sp³-hybridized carbons (Fsp3) is 0.211. The van der Waals surface area contributed by atoms with Crippen molar-refractivity contribution in [3.63, 3.8) is 0 Å². The normalized spacial score (nSPS) is 13.5. The zero-order valence-corrected chi connectivity index (χ0v) is 12.9. The number of phenols is 1. The number of phenolic OH excluding ortho intramolecular Hbond substituents is 1. The first-order chi connectivity index (χ1) is 11.1. The first-order valence-corrected chi connectivity index (χ1v) is 7.71. The Kier molecular flexibility index (Phi) is 3.11. The maximum absolute atomic E-state index is 11.9. The Hall–Kier alpha value is -2.75. The summed E-state index contributed by atoms with van der Waals surface area (Å²) in [5.74, 6) is 0.143. The number of aryl methyl sites for hydroxylation is 1. The van der Waals surface area contributed by atoms with Crippen molar-refractivity contribution in [1.29, 1.82) is 0 Å². The molecule has 0 aliphatic carbocycles. The molecule has 1 aromatic heterocycles. The Bertz CT molecular complexity index is 958. The van der Waals surface area contributed by atoms with Gasteiger partial charge in [0.1, 0.15) is 11.3 Å². The summed E-state index contributed by atoms with van der Waals surface area (Å²) in [6.07, 6.45) is 1.02. The molecule has 0 unspecified atom stereocenters. The molecule has 0 saturated carbocycles. The number of hydrogen-bond donors (Lipinski definition) is 1. The van der Waals surface area contributed by atoms with Gasteiger partial charge in [0, 0.05) is 35.8 Å². The van der Waals surface area contributed by atoms with E-state index in [1.54, 1.807) is 19.1 Å². The molecular formula is C19H17NO3. The minimum Gasteiger partial charge on any atom is -0.508 e. The second kappa shape index (κ2) is 5.16. The average molecular weight is 307 g/mol. The molecule has 0 radical (unpaired) electrons. The highest BCUT2D eigenvalue weighted by molar-refractivity contribution is 5.85. The summed E-state index contributed by atoms with van der Waals surface area (Å²) < 4.78 is 5.31. The van der Waals surface area contributed by atoms with Crippen LogP contribution < -0.4 is 10.5 Å². The lowest BCUT2D eigenvalue weighted by atomic mass is 10.1. The van der Waals surface area contributed by atoms with E-state index in [1.165, 1.54) is 11.3 Å². The van der Waals surface area contributed by atoms with Crippen LogP contribution in [0.5, 0.6) is 5.75 Å². The van der Waals surface area contributed by atoms with E-state index in [0.29, 0.717) is 17.7 Å². The summed E-state index contributed by atoms with van der Waals surface area (Å²) in [7, 11) is 0. The number of hydrogen-bond acceptors (Lipinski definition) is 4. The lowest BCUT2D eigenvalue weighted by Gasteiger charge is -2.20. The van der Waals surface area contributed by atoms with Crippen molar-refractivity contribution in [3.05, 3.63) is 69.6 Å². The zero-order chi connectivity index (χ0) is 16.0. The zero-order valence-electron chi connectivity index (χ0n) is 12.9. The summed E-state index contributed by atoms with van der Waals surface area (Å²) in [5.41, 5.74) is 4.19. The lowest BCUT2D eigenvalue weighted by molar-refractivity contribution is 0.468. The van der Waals surface area contributed by atoms with Crippen molar-refractivity contribution in [1.82, 2.24) is 0 Å². The Labute approximate surface area is 133 Å². The highest BCUT2D eigenvalue weighted by Crippen LogP contribution is 2.32. The van der Waals surface area contributed by atoms with Gasteiger partial charge >= 0.3 is 5.63 Å². The second-order valence-corrected chi connectivity index (χ2v) is 5.98. The highest BCUT2D eigenvalue weighted by Gasteiger charge is 2.20. The predicted molar refractivity (Wildman–Crippen MR) is 90.1 cm³/mol. The van der Waals surface area contributed by atoms with E-state index in [9.17, 15) is 9.90 Å². The van der Waals surface area contributed by atoms with Gasteiger partial charge in [-0.25, -0.2) is 4.79 Å². The highest BCUT2D eigenvalue weighted by atomic mass is 16.4. The van der Waals surface area contributed by atoms with Crippen LogP contribution in [-0.2, 0) is 13.0 Å². The van der Waals surface area contributed by atoms with Gasteiger partial charge in [0.25, 0.3) is 0 Å². The van der Waals surface area contributed by atoms with E-state index >= 15 is 0 Å². The van der Waals surface area contributed by atoms with Crippen LogP contribution in [0.4, 0.5) is 5.69 Å². The monoisotopic (exact) mass is 307 g/mol. The van der Waals surface area contributed by atoms with Crippen LogP contribution in [0.15, 0.2) is 51.7 Å². The lowest BCUT2D eigenvalue weighted by Crippen LogP contribution is -2.20. The van der Waals surface area contributed by atoms with Crippen LogP contribution in [0.2, 0.25) is 0 Å². The Morgan fingerprint density at radius 2 is 2.04 bits per heavy atom. The number of nitrogens with zero attached hydrogens (tertiary/aromatic N) is 1. The summed E-state index contributed by atoms with van der Waals surface area (Å²) in [4.78, 5) is 14.2. The van der Waals surface area contributed by atoms with E-state index in [-0.39, 0.29) is 11.4 Å². The van der Waals surface area contributed by atoms with Crippen LogP contribution in [0.3, 0.4) is 0 Å². The molecule has 116 valence electrons. The molecule has 0 bridgehead atoms. The van der Waals surface area contributed by atoms with E-state index in [2.05, 4.69) is 23.1 Å². The number of benzene rings is 2. The number of rotatable bonds is 2. The Morgan fingerprint density at radius 1 is 1.22 bits per heavy atom. The second-order valence-electron chi connectivity index (χ2n) is 5.98. The third kappa shape index (κ3) is 2.27. The number of anilines is 1. The fourth-order valence-electron chi connectivity index (χ4n) is 3.32. The first-order valence-electron chi connectivity index (χ1n) is 7.71. The molecule has 4 heteroatoms. The van der Waals surface area contributed by atoms with Crippen molar-refractivity contribution in [2.75, 3.05) is 11.4 Å². The van der Waals surface area contributed by atoms with Gasteiger partial charge in [-0.2, -0.15) is 0 Å². The molecular weight excluding hydrogens is 290 g/mol. The summed E-state index contributed by atoms with van der Waals surface area (Å²) in [5, 5.41) is 10.7. The quantitative estimate of drug-likeness (QED) is 0.738. The Morgan fingerprint density at radius 3 is 2.91 bits per heavy atom. The molecule has 0 atom stereocenters. The fourth-order valence-corrected chi connectivity index (χ4v) is 3.32. The van der Waals surface area contributed by atoms with Crippen LogP contribution in [0, 0.1) is 6.92 Å². The SMILES string of the molecule is Cc1c(O)ccc2c(CN3CCc4ccccc43)cc(=O)oc12. The molecule has 1 aliphatic heterocycles.